The Hall–Kier alpha value is -2.21. The number of halogens is 3. The number of benzene rings is 1. The van der Waals surface area contributed by atoms with E-state index in [9.17, 15) is 21.6 Å². The molecule has 1 saturated heterocycles. The highest BCUT2D eigenvalue weighted by Gasteiger charge is 2.36. The molecule has 142 valence electrons. The fraction of sp³-hybridized carbons (Fsp3) is 0.500. The molecule has 1 aromatic carbocycles. The second kappa shape index (κ2) is 6.83. The smallest absolute Gasteiger partial charge is 0.419 e. The minimum atomic E-state index is -4.52. The lowest BCUT2D eigenvalue weighted by Crippen LogP contribution is -2.42. The molecule has 0 aliphatic carbocycles. The minimum Gasteiger partial charge on any atom is -0.490 e. The van der Waals surface area contributed by atoms with Gasteiger partial charge in [-0.15, -0.1) is 0 Å². The Morgan fingerprint density at radius 2 is 1.85 bits per heavy atom. The van der Waals surface area contributed by atoms with Crippen LogP contribution < -0.4 is 4.74 Å². The second-order valence-corrected chi connectivity index (χ2v) is 7.63. The predicted octanol–water partition coefficient (Wildman–Crippen LogP) is 1.46. The van der Waals surface area contributed by atoms with Crippen molar-refractivity contribution >= 4 is 10.0 Å². The fourth-order valence-electron chi connectivity index (χ4n) is 2.73. The van der Waals surface area contributed by atoms with Crippen LogP contribution in [0.1, 0.15) is 18.4 Å². The van der Waals surface area contributed by atoms with E-state index >= 15 is 0 Å². The third-order valence-corrected chi connectivity index (χ3v) is 5.89. The summed E-state index contributed by atoms with van der Waals surface area (Å²) < 4.78 is 71.8. The normalized spacial score (nSPS) is 17.4. The lowest BCUT2D eigenvalue weighted by molar-refractivity contribution is -0.139. The van der Waals surface area contributed by atoms with Crippen molar-refractivity contribution in [2.45, 2.75) is 30.3 Å². The molecular weight excluding hydrogens is 375 g/mol. The van der Waals surface area contributed by atoms with Crippen LogP contribution in [-0.2, 0) is 23.2 Å². The third kappa shape index (κ3) is 3.65. The number of sulfonamides is 1. The van der Waals surface area contributed by atoms with Crippen molar-refractivity contribution in [3.63, 3.8) is 0 Å². The Kier molecular flexibility index (Phi) is 4.88. The topological polar surface area (TPSA) is 90.2 Å². The summed E-state index contributed by atoms with van der Waals surface area (Å²) in [4.78, 5) is 0. The van der Waals surface area contributed by atoms with Gasteiger partial charge in [-0.25, -0.2) is 13.1 Å². The number of rotatable bonds is 4. The van der Waals surface area contributed by atoms with E-state index in [2.05, 4.69) is 15.5 Å². The van der Waals surface area contributed by atoms with Gasteiger partial charge in [0.1, 0.15) is 11.9 Å². The maximum Gasteiger partial charge on any atom is 0.419 e. The van der Waals surface area contributed by atoms with Gasteiger partial charge in [-0.2, -0.15) is 17.5 Å². The molecule has 0 atom stereocenters. The molecule has 2 heterocycles. The average molecular weight is 391 g/mol. The lowest BCUT2D eigenvalue weighted by Gasteiger charge is -2.31. The van der Waals surface area contributed by atoms with Crippen molar-refractivity contribution in [1.82, 2.24) is 24.5 Å². The largest absolute Gasteiger partial charge is 0.490 e. The number of alkyl halides is 3. The van der Waals surface area contributed by atoms with E-state index < -0.39 is 27.9 Å². The molecule has 1 fully saturated rings. The number of aryl methyl sites for hydroxylation is 1. The number of hydrogen-bond donors (Lipinski definition) is 0. The van der Waals surface area contributed by atoms with E-state index in [1.165, 1.54) is 29.6 Å². The first-order valence-electron chi connectivity index (χ1n) is 7.75. The first-order chi connectivity index (χ1) is 12.2. The molecule has 0 spiro atoms. The monoisotopic (exact) mass is 391 g/mol. The van der Waals surface area contributed by atoms with Crippen molar-refractivity contribution in [2.24, 2.45) is 7.05 Å². The highest BCUT2D eigenvalue weighted by atomic mass is 32.2. The van der Waals surface area contributed by atoms with Gasteiger partial charge in [-0.1, -0.05) is 17.2 Å². The van der Waals surface area contributed by atoms with Gasteiger partial charge in [0, 0.05) is 20.1 Å². The first-order valence-corrected chi connectivity index (χ1v) is 9.19. The summed E-state index contributed by atoms with van der Waals surface area (Å²) >= 11 is 0. The Bertz CT molecular complexity index is 876. The van der Waals surface area contributed by atoms with Crippen LogP contribution in [0.3, 0.4) is 0 Å². The quantitative estimate of drug-likeness (QED) is 0.784. The van der Waals surface area contributed by atoms with Crippen LogP contribution >= 0.6 is 0 Å². The van der Waals surface area contributed by atoms with Crippen LogP contribution in [0.25, 0.3) is 0 Å². The van der Waals surface area contributed by atoms with Crippen molar-refractivity contribution in [1.29, 1.82) is 0 Å². The van der Waals surface area contributed by atoms with Gasteiger partial charge < -0.3 is 4.74 Å². The number of para-hydroxylation sites is 1. The Labute approximate surface area is 147 Å². The Balaban J connectivity index is 1.68. The molecule has 0 N–H and O–H groups in total. The summed E-state index contributed by atoms with van der Waals surface area (Å²) in [6, 6.07) is 4.97. The predicted molar refractivity (Wildman–Crippen MR) is 82.7 cm³/mol. The molecule has 1 aromatic heterocycles. The standard InChI is InChI=1S/C14H16F3N5O3S/c1-21-13(18-19-20-21)26(23,24)22-8-6-10(7-9-22)25-12-5-3-2-4-11(12)14(15,16)17/h2-5,10H,6-9H2,1H3. The molecule has 0 saturated carbocycles. The highest BCUT2D eigenvalue weighted by Crippen LogP contribution is 2.37. The number of aromatic nitrogens is 4. The zero-order valence-electron chi connectivity index (χ0n) is 13.7. The summed E-state index contributed by atoms with van der Waals surface area (Å²) in [6.45, 7) is 0.210. The number of ether oxygens (including phenoxy) is 1. The molecular formula is C14H16F3N5O3S. The van der Waals surface area contributed by atoms with E-state index in [1.54, 1.807) is 0 Å². The maximum absolute atomic E-state index is 13.0. The first kappa shape index (κ1) is 18.6. The molecule has 0 unspecified atom stereocenters. The molecule has 1 aliphatic rings. The van der Waals surface area contributed by atoms with Crippen molar-refractivity contribution < 1.29 is 26.3 Å². The number of tetrazole rings is 1. The average Bonchev–Trinajstić information content (AvgIpc) is 3.02. The van der Waals surface area contributed by atoms with E-state index in [-0.39, 0.29) is 36.8 Å². The zero-order valence-corrected chi connectivity index (χ0v) is 14.5. The van der Waals surface area contributed by atoms with Gasteiger partial charge in [0.2, 0.25) is 0 Å². The van der Waals surface area contributed by atoms with E-state index in [4.69, 9.17) is 4.74 Å². The third-order valence-electron chi connectivity index (χ3n) is 4.04. The molecule has 3 rings (SSSR count). The summed E-state index contributed by atoms with van der Waals surface area (Å²) in [5.74, 6) is -0.251. The molecule has 2 aromatic rings. The molecule has 1 aliphatic heterocycles. The molecule has 8 nitrogen and oxygen atoms in total. The SMILES string of the molecule is Cn1nnnc1S(=O)(=O)N1CCC(Oc2ccccc2C(F)(F)F)CC1. The van der Waals surface area contributed by atoms with Gasteiger partial charge >= 0.3 is 6.18 Å². The number of nitrogens with zero attached hydrogens (tertiary/aromatic N) is 5. The van der Waals surface area contributed by atoms with Gasteiger partial charge in [0.25, 0.3) is 15.2 Å². The highest BCUT2D eigenvalue weighted by molar-refractivity contribution is 7.89. The molecule has 26 heavy (non-hydrogen) atoms. The van der Waals surface area contributed by atoms with E-state index in [0.717, 1.165) is 10.7 Å². The maximum atomic E-state index is 13.0. The van der Waals surface area contributed by atoms with Crippen LogP contribution in [0, 0.1) is 0 Å². The van der Waals surface area contributed by atoms with Crippen molar-refractivity contribution in [3.05, 3.63) is 29.8 Å². The molecule has 0 radical (unpaired) electrons. The molecule has 0 amide bonds. The van der Waals surface area contributed by atoms with E-state index in [1.807, 2.05) is 0 Å². The van der Waals surface area contributed by atoms with Crippen LogP contribution in [-0.4, -0.2) is 52.1 Å². The Morgan fingerprint density at radius 3 is 2.42 bits per heavy atom. The van der Waals surface area contributed by atoms with Crippen LogP contribution in [0.4, 0.5) is 13.2 Å². The zero-order chi connectivity index (χ0) is 18.9. The second-order valence-electron chi connectivity index (χ2n) is 5.80. The van der Waals surface area contributed by atoms with Crippen LogP contribution in [0.2, 0.25) is 0 Å². The lowest BCUT2D eigenvalue weighted by atomic mass is 10.1. The summed E-state index contributed by atoms with van der Waals surface area (Å²) in [6.07, 6.45) is -4.51. The van der Waals surface area contributed by atoms with Crippen molar-refractivity contribution in [3.8, 4) is 5.75 Å². The van der Waals surface area contributed by atoms with E-state index in [0.29, 0.717) is 0 Å². The molecule has 12 heteroatoms. The van der Waals surface area contributed by atoms with Crippen LogP contribution in [0.15, 0.2) is 29.4 Å². The van der Waals surface area contributed by atoms with Crippen molar-refractivity contribution in [2.75, 3.05) is 13.1 Å². The minimum absolute atomic E-state index is 0.105. The summed E-state index contributed by atoms with van der Waals surface area (Å²) in [5, 5.41) is 10.0. The fourth-order valence-corrected chi connectivity index (χ4v) is 4.16. The summed E-state index contributed by atoms with van der Waals surface area (Å²) in [5.41, 5.74) is -0.847. The molecule has 0 bridgehead atoms. The summed E-state index contributed by atoms with van der Waals surface area (Å²) in [7, 11) is -2.44. The number of piperidine rings is 1. The van der Waals surface area contributed by atoms with Gasteiger partial charge in [0.05, 0.1) is 5.56 Å². The van der Waals surface area contributed by atoms with Crippen LogP contribution in [0.5, 0.6) is 5.75 Å². The Morgan fingerprint density at radius 1 is 1.19 bits per heavy atom. The number of hydrogen-bond acceptors (Lipinski definition) is 6. The van der Waals surface area contributed by atoms with Gasteiger partial charge in [0.15, 0.2) is 0 Å². The van der Waals surface area contributed by atoms with Gasteiger partial charge in [-0.05, 0) is 35.4 Å². The van der Waals surface area contributed by atoms with Gasteiger partial charge in [-0.3, -0.25) is 0 Å².